The SMILES string of the molecule is CCc1ccccc1NC(=O)c1ccccc1SC1CCS(=O)(=O)C1. The highest BCUT2D eigenvalue weighted by atomic mass is 32.2. The Morgan fingerprint density at radius 2 is 1.88 bits per heavy atom. The molecule has 1 N–H and O–H groups in total. The van der Waals surface area contributed by atoms with Crippen LogP contribution in [0.1, 0.15) is 29.3 Å². The minimum absolute atomic E-state index is 0.0156. The fourth-order valence-corrected chi connectivity index (χ4v) is 6.56. The van der Waals surface area contributed by atoms with E-state index in [9.17, 15) is 13.2 Å². The van der Waals surface area contributed by atoms with Crippen molar-refractivity contribution in [1.29, 1.82) is 0 Å². The first kappa shape index (κ1) is 18.0. The van der Waals surface area contributed by atoms with E-state index in [0.717, 1.165) is 22.6 Å². The van der Waals surface area contributed by atoms with Crippen LogP contribution in [0.5, 0.6) is 0 Å². The molecule has 1 atom stereocenters. The minimum atomic E-state index is -2.93. The fourth-order valence-electron chi connectivity index (χ4n) is 2.93. The summed E-state index contributed by atoms with van der Waals surface area (Å²) in [6, 6.07) is 15.1. The van der Waals surface area contributed by atoms with Gasteiger partial charge in [-0.05, 0) is 36.6 Å². The Bertz CT molecular complexity index is 878. The van der Waals surface area contributed by atoms with Crippen LogP contribution < -0.4 is 5.32 Å². The monoisotopic (exact) mass is 375 g/mol. The van der Waals surface area contributed by atoms with Gasteiger partial charge >= 0.3 is 0 Å². The average Bonchev–Trinajstić information content (AvgIpc) is 2.94. The van der Waals surface area contributed by atoms with Gasteiger partial charge in [-0.3, -0.25) is 4.79 Å². The van der Waals surface area contributed by atoms with E-state index in [1.54, 1.807) is 6.07 Å². The highest BCUT2D eigenvalue weighted by Gasteiger charge is 2.29. The Kier molecular flexibility index (Phi) is 5.49. The third-order valence-electron chi connectivity index (χ3n) is 4.26. The molecule has 132 valence electrons. The van der Waals surface area contributed by atoms with Gasteiger partial charge in [-0.1, -0.05) is 37.3 Å². The van der Waals surface area contributed by atoms with Gasteiger partial charge in [0, 0.05) is 15.8 Å². The van der Waals surface area contributed by atoms with Gasteiger partial charge in [-0.15, -0.1) is 11.8 Å². The Morgan fingerprint density at radius 1 is 1.16 bits per heavy atom. The Balaban J connectivity index is 1.79. The topological polar surface area (TPSA) is 63.2 Å². The van der Waals surface area contributed by atoms with Gasteiger partial charge in [0.25, 0.3) is 5.91 Å². The quantitative estimate of drug-likeness (QED) is 0.864. The lowest BCUT2D eigenvalue weighted by Gasteiger charge is -2.14. The van der Waals surface area contributed by atoms with Crippen molar-refractivity contribution in [3.63, 3.8) is 0 Å². The number of hydrogen-bond acceptors (Lipinski definition) is 4. The lowest BCUT2D eigenvalue weighted by Crippen LogP contribution is -2.15. The summed E-state index contributed by atoms with van der Waals surface area (Å²) in [4.78, 5) is 13.6. The molecule has 1 aliphatic heterocycles. The highest BCUT2D eigenvalue weighted by Crippen LogP contribution is 2.33. The molecule has 4 nitrogen and oxygen atoms in total. The summed E-state index contributed by atoms with van der Waals surface area (Å²) in [7, 11) is -2.93. The molecule has 3 rings (SSSR count). The molecule has 25 heavy (non-hydrogen) atoms. The molecule has 0 spiro atoms. The molecule has 1 amide bonds. The third kappa shape index (κ3) is 4.44. The number of carbonyl (C=O) groups is 1. The van der Waals surface area contributed by atoms with Gasteiger partial charge in [0.15, 0.2) is 9.84 Å². The van der Waals surface area contributed by atoms with Crippen LogP contribution >= 0.6 is 11.8 Å². The summed E-state index contributed by atoms with van der Waals surface area (Å²) in [5.74, 6) is 0.264. The molecule has 1 saturated heterocycles. The van der Waals surface area contributed by atoms with E-state index in [1.807, 2.05) is 42.5 Å². The molecular weight excluding hydrogens is 354 g/mol. The lowest BCUT2D eigenvalue weighted by atomic mass is 10.1. The standard InChI is InChI=1S/C19H21NO3S2/c1-2-14-7-3-5-9-17(14)20-19(21)16-8-4-6-10-18(16)24-15-11-12-25(22,23)13-15/h3-10,15H,2,11-13H2,1H3,(H,20,21). The van der Waals surface area contributed by atoms with Crippen LogP contribution in [0.2, 0.25) is 0 Å². The number of carbonyl (C=O) groups excluding carboxylic acids is 1. The van der Waals surface area contributed by atoms with Crippen LogP contribution in [0.15, 0.2) is 53.4 Å². The molecule has 0 aromatic heterocycles. The molecule has 1 unspecified atom stereocenters. The van der Waals surface area contributed by atoms with E-state index < -0.39 is 9.84 Å². The maximum Gasteiger partial charge on any atom is 0.256 e. The van der Waals surface area contributed by atoms with Crippen molar-refractivity contribution in [3.05, 3.63) is 59.7 Å². The predicted molar refractivity (Wildman–Crippen MR) is 103 cm³/mol. The number of hydrogen-bond donors (Lipinski definition) is 1. The fraction of sp³-hybridized carbons (Fsp3) is 0.316. The van der Waals surface area contributed by atoms with E-state index in [2.05, 4.69) is 12.2 Å². The summed E-state index contributed by atoms with van der Waals surface area (Å²) in [6.07, 6.45) is 1.48. The molecule has 2 aromatic rings. The van der Waals surface area contributed by atoms with Gasteiger partial charge in [0.1, 0.15) is 0 Å². The van der Waals surface area contributed by atoms with Gasteiger partial charge in [0.2, 0.25) is 0 Å². The highest BCUT2D eigenvalue weighted by molar-refractivity contribution is 8.02. The molecule has 0 bridgehead atoms. The average molecular weight is 376 g/mol. The first-order valence-corrected chi connectivity index (χ1v) is 11.0. The van der Waals surface area contributed by atoms with E-state index >= 15 is 0 Å². The number of aryl methyl sites for hydroxylation is 1. The van der Waals surface area contributed by atoms with Gasteiger partial charge in [-0.2, -0.15) is 0 Å². The summed E-state index contributed by atoms with van der Waals surface area (Å²) in [5.41, 5.74) is 2.49. The Hall–Kier alpha value is -1.79. The van der Waals surface area contributed by atoms with Gasteiger partial charge in [0.05, 0.1) is 17.1 Å². The number of para-hydroxylation sites is 1. The number of nitrogens with one attached hydrogen (secondary N) is 1. The van der Waals surface area contributed by atoms with E-state index in [1.165, 1.54) is 11.8 Å². The Labute approximate surface area is 152 Å². The number of thioether (sulfide) groups is 1. The van der Waals surface area contributed by atoms with Crippen molar-refractivity contribution in [2.45, 2.75) is 29.9 Å². The van der Waals surface area contributed by atoms with E-state index in [4.69, 9.17) is 0 Å². The minimum Gasteiger partial charge on any atom is -0.322 e. The van der Waals surface area contributed by atoms with Crippen molar-refractivity contribution in [3.8, 4) is 0 Å². The zero-order valence-corrected chi connectivity index (χ0v) is 15.7. The number of amides is 1. The van der Waals surface area contributed by atoms with Gasteiger partial charge < -0.3 is 5.32 Å². The van der Waals surface area contributed by atoms with Crippen LogP contribution in [0.25, 0.3) is 0 Å². The molecule has 1 heterocycles. The summed E-state index contributed by atoms with van der Waals surface area (Å²) in [6.45, 7) is 2.05. The van der Waals surface area contributed by atoms with Crippen molar-refractivity contribution in [2.75, 3.05) is 16.8 Å². The second-order valence-electron chi connectivity index (χ2n) is 6.10. The van der Waals surface area contributed by atoms with Crippen LogP contribution in [0.3, 0.4) is 0 Å². The van der Waals surface area contributed by atoms with Crippen LogP contribution in [0, 0.1) is 0 Å². The second-order valence-corrected chi connectivity index (χ2v) is 9.67. The number of anilines is 1. The number of benzene rings is 2. The number of sulfone groups is 1. The van der Waals surface area contributed by atoms with Crippen LogP contribution in [0.4, 0.5) is 5.69 Å². The molecule has 2 aromatic carbocycles. The van der Waals surface area contributed by atoms with Crippen molar-refractivity contribution >= 4 is 33.2 Å². The van der Waals surface area contributed by atoms with E-state index in [0.29, 0.717) is 12.0 Å². The van der Waals surface area contributed by atoms with Crippen molar-refractivity contribution in [2.24, 2.45) is 0 Å². The van der Waals surface area contributed by atoms with E-state index in [-0.39, 0.29) is 22.7 Å². The largest absolute Gasteiger partial charge is 0.322 e. The zero-order valence-electron chi connectivity index (χ0n) is 14.1. The molecule has 0 saturated carbocycles. The van der Waals surface area contributed by atoms with Gasteiger partial charge in [-0.25, -0.2) is 8.42 Å². The maximum absolute atomic E-state index is 12.8. The van der Waals surface area contributed by atoms with Crippen molar-refractivity contribution < 1.29 is 13.2 Å². The zero-order chi connectivity index (χ0) is 17.9. The molecule has 0 radical (unpaired) electrons. The first-order valence-electron chi connectivity index (χ1n) is 8.34. The third-order valence-corrected chi connectivity index (χ3v) is 7.59. The summed E-state index contributed by atoms with van der Waals surface area (Å²) in [5, 5.41) is 3.00. The van der Waals surface area contributed by atoms with Crippen LogP contribution in [-0.2, 0) is 16.3 Å². The smallest absolute Gasteiger partial charge is 0.256 e. The number of rotatable bonds is 5. The predicted octanol–water partition coefficient (Wildman–Crippen LogP) is 3.78. The lowest BCUT2D eigenvalue weighted by molar-refractivity contribution is 0.102. The molecule has 6 heteroatoms. The normalized spacial score (nSPS) is 18.8. The van der Waals surface area contributed by atoms with Crippen molar-refractivity contribution in [1.82, 2.24) is 0 Å². The molecular formula is C19H21NO3S2. The molecule has 1 fully saturated rings. The first-order chi connectivity index (χ1) is 12.0. The summed E-state index contributed by atoms with van der Waals surface area (Å²) < 4.78 is 23.3. The second kappa shape index (κ2) is 7.62. The molecule has 1 aliphatic rings. The molecule has 0 aliphatic carbocycles. The maximum atomic E-state index is 12.8. The van der Waals surface area contributed by atoms with Crippen LogP contribution in [-0.4, -0.2) is 31.1 Å². The summed E-state index contributed by atoms with van der Waals surface area (Å²) >= 11 is 1.49. The Morgan fingerprint density at radius 3 is 2.60 bits per heavy atom.